The molecular formula is C13H13ClN6. The zero-order chi connectivity index (χ0) is 14.1. The van der Waals surface area contributed by atoms with Gasteiger partial charge >= 0.3 is 0 Å². The highest BCUT2D eigenvalue weighted by atomic mass is 35.5. The van der Waals surface area contributed by atoms with Crippen LogP contribution in [0.3, 0.4) is 0 Å². The predicted molar refractivity (Wildman–Crippen MR) is 78.1 cm³/mol. The van der Waals surface area contributed by atoms with Crippen molar-refractivity contribution in [2.75, 3.05) is 5.32 Å². The smallest absolute Gasteiger partial charge is 0.178 e. The Morgan fingerprint density at radius 3 is 2.85 bits per heavy atom. The lowest BCUT2D eigenvalue weighted by Gasteiger charge is -2.07. The van der Waals surface area contributed by atoms with E-state index in [0.717, 1.165) is 5.69 Å². The molecule has 0 bridgehead atoms. The molecule has 1 atom stereocenters. The van der Waals surface area contributed by atoms with E-state index in [2.05, 4.69) is 20.6 Å². The van der Waals surface area contributed by atoms with E-state index < -0.39 is 0 Å². The van der Waals surface area contributed by atoms with Crippen molar-refractivity contribution in [3.8, 4) is 0 Å². The fourth-order valence-corrected chi connectivity index (χ4v) is 2.06. The maximum Gasteiger partial charge on any atom is 0.178 e. The largest absolute Gasteiger partial charge is 0.339 e. The molecule has 102 valence electrons. The normalized spacial score (nSPS) is 12.6. The van der Waals surface area contributed by atoms with Crippen molar-refractivity contribution >= 4 is 28.8 Å². The van der Waals surface area contributed by atoms with Gasteiger partial charge in [0, 0.05) is 10.7 Å². The molecule has 3 aromatic rings. The topological polar surface area (TPSA) is 81.1 Å². The second-order valence-electron chi connectivity index (χ2n) is 4.47. The van der Waals surface area contributed by atoms with Gasteiger partial charge in [-0.15, -0.1) is 15.3 Å². The van der Waals surface area contributed by atoms with Crippen molar-refractivity contribution in [2.45, 2.75) is 13.0 Å². The lowest BCUT2D eigenvalue weighted by molar-refractivity contribution is 0.696. The van der Waals surface area contributed by atoms with Crippen molar-refractivity contribution in [3.63, 3.8) is 0 Å². The molecule has 0 aliphatic carbocycles. The van der Waals surface area contributed by atoms with Crippen molar-refractivity contribution in [3.05, 3.63) is 47.2 Å². The summed E-state index contributed by atoms with van der Waals surface area (Å²) in [5.74, 6) is 1.29. The summed E-state index contributed by atoms with van der Waals surface area (Å²) in [6, 6.07) is 10.8. The Morgan fingerprint density at radius 1 is 1.25 bits per heavy atom. The summed E-state index contributed by atoms with van der Waals surface area (Å²) in [6.07, 6.45) is 0. The highest BCUT2D eigenvalue weighted by Crippen LogP contribution is 2.19. The zero-order valence-electron chi connectivity index (χ0n) is 10.8. The van der Waals surface area contributed by atoms with E-state index in [1.54, 1.807) is 4.52 Å². The molecule has 2 heterocycles. The van der Waals surface area contributed by atoms with Crippen molar-refractivity contribution in [1.29, 1.82) is 0 Å². The van der Waals surface area contributed by atoms with Crippen LogP contribution >= 0.6 is 11.6 Å². The summed E-state index contributed by atoms with van der Waals surface area (Å²) >= 11 is 5.95. The number of hydrogen-bond donors (Lipinski definition) is 2. The number of hydrogen-bond acceptors (Lipinski definition) is 5. The van der Waals surface area contributed by atoms with Crippen LogP contribution < -0.4 is 11.1 Å². The van der Waals surface area contributed by atoms with Crippen molar-refractivity contribution in [2.24, 2.45) is 5.73 Å². The highest BCUT2D eigenvalue weighted by Gasteiger charge is 2.11. The Labute approximate surface area is 120 Å². The van der Waals surface area contributed by atoms with E-state index >= 15 is 0 Å². The van der Waals surface area contributed by atoms with Gasteiger partial charge in [-0.1, -0.05) is 17.7 Å². The summed E-state index contributed by atoms with van der Waals surface area (Å²) in [5, 5.41) is 16.3. The van der Waals surface area contributed by atoms with Gasteiger partial charge in [-0.3, -0.25) is 0 Å². The molecule has 1 aromatic carbocycles. The van der Waals surface area contributed by atoms with E-state index in [1.807, 2.05) is 43.3 Å². The Morgan fingerprint density at radius 2 is 2.10 bits per heavy atom. The Bertz CT molecular complexity index is 751. The lowest BCUT2D eigenvalue weighted by atomic mass is 10.3. The Balaban J connectivity index is 1.98. The summed E-state index contributed by atoms with van der Waals surface area (Å²) in [4.78, 5) is 0. The average Bonchev–Trinajstić information content (AvgIpc) is 2.82. The van der Waals surface area contributed by atoms with Crippen LogP contribution in [-0.2, 0) is 0 Å². The molecular weight excluding hydrogens is 276 g/mol. The lowest BCUT2D eigenvalue weighted by Crippen LogP contribution is -2.11. The highest BCUT2D eigenvalue weighted by molar-refractivity contribution is 6.30. The van der Waals surface area contributed by atoms with Gasteiger partial charge in [-0.05, 0) is 37.3 Å². The first-order valence-corrected chi connectivity index (χ1v) is 6.52. The van der Waals surface area contributed by atoms with Gasteiger partial charge in [0.15, 0.2) is 17.3 Å². The molecule has 3 N–H and O–H groups in total. The van der Waals surface area contributed by atoms with Gasteiger partial charge in [-0.2, -0.15) is 4.52 Å². The third-order valence-corrected chi connectivity index (χ3v) is 3.03. The zero-order valence-corrected chi connectivity index (χ0v) is 11.5. The number of nitrogens with zero attached hydrogens (tertiary/aromatic N) is 4. The number of benzene rings is 1. The third kappa shape index (κ3) is 2.43. The SMILES string of the molecule is C[C@@H](N)c1nnc2ccc(Nc3cccc(Cl)c3)nn12. The van der Waals surface area contributed by atoms with E-state index in [1.165, 1.54) is 0 Å². The molecule has 0 spiro atoms. The molecule has 7 heteroatoms. The van der Waals surface area contributed by atoms with Crippen LogP contribution in [-0.4, -0.2) is 19.8 Å². The average molecular weight is 289 g/mol. The molecule has 0 amide bonds. The summed E-state index contributed by atoms with van der Waals surface area (Å²) in [6.45, 7) is 1.84. The molecule has 3 rings (SSSR count). The minimum Gasteiger partial charge on any atom is -0.339 e. The van der Waals surface area contributed by atoms with Gasteiger partial charge in [0.05, 0.1) is 6.04 Å². The Hall–Kier alpha value is -2.18. The predicted octanol–water partition coefficient (Wildman–Crippen LogP) is 2.54. The fourth-order valence-electron chi connectivity index (χ4n) is 1.87. The molecule has 20 heavy (non-hydrogen) atoms. The number of nitrogens with two attached hydrogens (primary N) is 1. The first-order chi connectivity index (χ1) is 9.63. The van der Waals surface area contributed by atoms with Crippen LogP contribution in [0.5, 0.6) is 0 Å². The van der Waals surface area contributed by atoms with Crippen LogP contribution in [0.15, 0.2) is 36.4 Å². The maximum atomic E-state index is 5.95. The van der Waals surface area contributed by atoms with Crippen LogP contribution in [0, 0.1) is 0 Å². The fraction of sp³-hybridized carbons (Fsp3) is 0.154. The van der Waals surface area contributed by atoms with Gasteiger partial charge in [0.1, 0.15) is 0 Å². The number of rotatable bonds is 3. The van der Waals surface area contributed by atoms with Gasteiger partial charge in [-0.25, -0.2) is 0 Å². The number of aromatic nitrogens is 4. The molecule has 0 aliphatic heterocycles. The van der Waals surface area contributed by atoms with Crippen LogP contribution in [0.1, 0.15) is 18.8 Å². The van der Waals surface area contributed by atoms with Crippen molar-refractivity contribution < 1.29 is 0 Å². The minimum absolute atomic E-state index is 0.237. The summed E-state index contributed by atoms with van der Waals surface area (Å²) in [5.41, 5.74) is 7.37. The Kier molecular flexibility index (Phi) is 3.25. The van der Waals surface area contributed by atoms with Crippen LogP contribution in [0.2, 0.25) is 5.02 Å². The van der Waals surface area contributed by atoms with Gasteiger partial charge in [0.25, 0.3) is 0 Å². The molecule has 0 fully saturated rings. The quantitative estimate of drug-likeness (QED) is 0.774. The van der Waals surface area contributed by atoms with E-state index in [9.17, 15) is 0 Å². The number of anilines is 2. The molecule has 0 radical (unpaired) electrons. The monoisotopic (exact) mass is 288 g/mol. The van der Waals surface area contributed by atoms with E-state index in [0.29, 0.717) is 22.3 Å². The summed E-state index contributed by atoms with van der Waals surface area (Å²) in [7, 11) is 0. The van der Waals surface area contributed by atoms with Gasteiger partial charge in [0.2, 0.25) is 0 Å². The molecule has 0 aliphatic rings. The molecule has 0 saturated heterocycles. The first-order valence-electron chi connectivity index (χ1n) is 6.14. The first kappa shape index (κ1) is 12.8. The van der Waals surface area contributed by atoms with Crippen LogP contribution in [0.25, 0.3) is 5.65 Å². The number of halogens is 1. The van der Waals surface area contributed by atoms with E-state index in [4.69, 9.17) is 17.3 Å². The third-order valence-electron chi connectivity index (χ3n) is 2.79. The van der Waals surface area contributed by atoms with E-state index in [-0.39, 0.29) is 6.04 Å². The van der Waals surface area contributed by atoms with Crippen LogP contribution in [0.4, 0.5) is 11.5 Å². The van der Waals surface area contributed by atoms with Gasteiger partial charge < -0.3 is 11.1 Å². The number of nitrogens with one attached hydrogen (secondary N) is 1. The summed E-state index contributed by atoms with van der Waals surface area (Å²) < 4.78 is 1.64. The molecule has 2 aromatic heterocycles. The number of fused-ring (bicyclic) bond motifs is 1. The molecule has 0 saturated carbocycles. The second-order valence-corrected chi connectivity index (χ2v) is 4.91. The standard InChI is InChI=1S/C13H13ClN6/c1-8(15)13-18-17-12-6-5-11(19-20(12)13)16-10-4-2-3-9(14)7-10/h2-8H,15H2,1H3,(H,16,19)/t8-/m1/s1. The molecule has 6 nitrogen and oxygen atoms in total. The second kappa shape index (κ2) is 5.07. The maximum absolute atomic E-state index is 5.95. The minimum atomic E-state index is -0.237. The van der Waals surface area contributed by atoms with Crippen molar-refractivity contribution in [1.82, 2.24) is 19.8 Å². The molecule has 0 unspecified atom stereocenters.